The Morgan fingerprint density at radius 3 is 2.76 bits per heavy atom. The first kappa shape index (κ1) is 11.5. The summed E-state index contributed by atoms with van der Waals surface area (Å²) >= 11 is 0. The molecule has 1 N–H and O–H groups in total. The summed E-state index contributed by atoms with van der Waals surface area (Å²) in [6.07, 6.45) is 7.16. The van der Waals surface area contributed by atoms with Gasteiger partial charge in [0.25, 0.3) is 0 Å². The summed E-state index contributed by atoms with van der Waals surface area (Å²) in [6.45, 7) is 3.32. The summed E-state index contributed by atoms with van der Waals surface area (Å²) in [6, 6.07) is 0. The van der Waals surface area contributed by atoms with Crippen LogP contribution in [0.5, 0.6) is 0 Å². The molecule has 0 amide bonds. The van der Waals surface area contributed by atoms with Crippen LogP contribution in [0.25, 0.3) is 0 Å². The molecule has 0 saturated heterocycles. The van der Waals surface area contributed by atoms with Crippen LogP contribution in [-0.4, -0.2) is 33.5 Å². The topological polar surface area (TPSA) is 64.9 Å². The SMILES string of the molecule is COCCn1cc(Nc2ncc(C)cn2)cn1. The third-order valence-electron chi connectivity index (χ3n) is 2.19. The molecule has 6 nitrogen and oxygen atoms in total. The zero-order valence-corrected chi connectivity index (χ0v) is 9.92. The Morgan fingerprint density at radius 2 is 2.06 bits per heavy atom. The van der Waals surface area contributed by atoms with Gasteiger partial charge in [0.2, 0.25) is 5.95 Å². The van der Waals surface area contributed by atoms with E-state index in [9.17, 15) is 0 Å². The molecule has 0 aromatic carbocycles. The summed E-state index contributed by atoms with van der Waals surface area (Å²) in [5, 5.41) is 7.27. The fourth-order valence-electron chi connectivity index (χ4n) is 1.32. The summed E-state index contributed by atoms with van der Waals surface area (Å²) in [5.74, 6) is 0.571. The van der Waals surface area contributed by atoms with E-state index in [1.54, 1.807) is 30.4 Å². The van der Waals surface area contributed by atoms with Crippen LogP contribution in [-0.2, 0) is 11.3 Å². The second kappa shape index (κ2) is 5.40. The van der Waals surface area contributed by atoms with Crippen LogP contribution >= 0.6 is 0 Å². The quantitative estimate of drug-likeness (QED) is 0.845. The van der Waals surface area contributed by atoms with E-state index in [0.29, 0.717) is 12.6 Å². The number of methoxy groups -OCH3 is 1. The molecule has 0 atom stereocenters. The largest absolute Gasteiger partial charge is 0.383 e. The molecule has 2 heterocycles. The van der Waals surface area contributed by atoms with Gasteiger partial charge in [0.15, 0.2) is 0 Å². The Labute approximate surface area is 99.7 Å². The Morgan fingerprint density at radius 1 is 1.29 bits per heavy atom. The Hall–Kier alpha value is -1.95. The number of rotatable bonds is 5. The van der Waals surface area contributed by atoms with Crippen LogP contribution in [0, 0.1) is 6.92 Å². The van der Waals surface area contributed by atoms with Crippen molar-refractivity contribution >= 4 is 11.6 Å². The van der Waals surface area contributed by atoms with Crippen LogP contribution < -0.4 is 5.32 Å². The van der Waals surface area contributed by atoms with Crippen molar-refractivity contribution in [3.05, 3.63) is 30.4 Å². The highest BCUT2D eigenvalue weighted by molar-refractivity contribution is 5.49. The Bertz CT molecular complexity index is 465. The number of aromatic nitrogens is 4. The van der Waals surface area contributed by atoms with E-state index < -0.39 is 0 Å². The smallest absolute Gasteiger partial charge is 0.227 e. The monoisotopic (exact) mass is 233 g/mol. The van der Waals surface area contributed by atoms with E-state index in [1.165, 1.54) is 0 Å². The van der Waals surface area contributed by atoms with Gasteiger partial charge < -0.3 is 10.1 Å². The molecule has 0 saturated carbocycles. The summed E-state index contributed by atoms with van der Waals surface area (Å²) in [7, 11) is 1.67. The maximum Gasteiger partial charge on any atom is 0.227 e. The molecule has 0 fully saturated rings. The van der Waals surface area contributed by atoms with Crippen molar-refractivity contribution in [3.63, 3.8) is 0 Å². The molecule has 2 aromatic rings. The minimum absolute atomic E-state index is 0.571. The zero-order chi connectivity index (χ0) is 12.1. The molecule has 2 rings (SSSR count). The molecule has 0 radical (unpaired) electrons. The molecule has 0 aliphatic carbocycles. The first-order chi connectivity index (χ1) is 8.28. The minimum atomic E-state index is 0.571. The average molecular weight is 233 g/mol. The highest BCUT2D eigenvalue weighted by atomic mass is 16.5. The first-order valence-electron chi connectivity index (χ1n) is 5.35. The van der Waals surface area contributed by atoms with Crippen LogP contribution in [0.15, 0.2) is 24.8 Å². The molecule has 90 valence electrons. The molecular weight excluding hydrogens is 218 g/mol. The Balaban J connectivity index is 1.98. The fourth-order valence-corrected chi connectivity index (χ4v) is 1.32. The van der Waals surface area contributed by atoms with Gasteiger partial charge in [0.05, 0.1) is 25.0 Å². The van der Waals surface area contributed by atoms with E-state index in [1.807, 2.05) is 13.1 Å². The van der Waals surface area contributed by atoms with Crippen molar-refractivity contribution in [2.75, 3.05) is 19.0 Å². The Kier molecular flexibility index (Phi) is 3.66. The standard InChI is InChI=1S/C11H15N5O/c1-9-5-12-11(13-6-9)15-10-7-14-16(8-10)3-4-17-2/h5-8H,3-4H2,1-2H3,(H,12,13,15). The van der Waals surface area contributed by atoms with Gasteiger partial charge in [-0.15, -0.1) is 0 Å². The van der Waals surface area contributed by atoms with Gasteiger partial charge in [-0.2, -0.15) is 5.10 Å². The third kappa shape index (κ3) is 3.25. The highest BCUT2D eigenvalue weighted by Gasteiger charge is 2.00. The predicted octanol–water partition coefficient (Wildman–Crippen LogP) is 1.37. The molecule has 2 aromatic heterocycles. The van der Waals surface area contributed by atoms with Gasteiger partial charge >= 0.3 is 0 Å². The minimum Gasteiger partial charge on any atom is -0.383 e. The van der Waals surface area contributed by atoms with Crippen molar-refractivity contribution in [1.82, 2.24) is 19.7 Å². The zero-order valence-electron chi connectivity index (χ0n) is 9.92. The van der Waals surface area contributed by atoms with Crippen LogP contribution in [0.2, 0.25) is 0 Å². The van der Waals surface area contributed by atoms with Crippen molar-refractivity contribution in [2.45, 2.75) is 13.5 Å². The molecular formula is C11H15N5O. The number of nitrogens with zero attached hydrogens (tertiary/aromatic N) is 4. The van der Waals surface area contributed by atoms with Crippen LogP contribution in [0.4, 0.5) is 11.6 Å². The maximum absolute atomic E-state index is 4.98. The van der Waals surface area contributed by atoms with E-state index >= 15 is 0 Å². The third-order valence-corrected chi connectivity index (χ3v) is 2.19. The molecule has 0 aliphatic rings. The van der Waals surface area contributed by atoms with E-state index in [0.717, 1.165) is 17.8 Å². The average Bonchev–Trinajstić information content (AvgIpc) is 2.77. The lowest BCUT2D eigenvalue weighted by Crippen LogP contribution is -2.04. The van der Waals surface area contributed by atoms with Crippen molar-refractivity contribution in [1.29, 1.82) is 0 Å². The summed E-state index contributed by atoms with van der Waals surface area (Å²) < 4.78 is 6.79. The van der Waals surface area contributed by atoms with E-state index in [4.69, 9.17) is 4.74 Å². The number of anilines is 2. The number of hydrogen-bond acceptors (Lipinski definition) is 5. The van der Waals surface area contributed by atoms with Gasteiger partial charge in [-0.3, -0.25) is 4.68 Å². The lowest BCUT2D eigenvalue weighted by molar-refractivity contribution is 0.183. The molecule has 0 spiro atoms. The molecule has 0 unspecified atom stereocenters. The second-order valence-electron chi connectivity index (χ2n) is 3.69. The molecule has 0 bridgehead atoms. The molecule has 6 heteroatoms. The van der Waals surface area contributed by atoms with E-state index in [-0.39, 0.29) is 0 Å². The van der Waals surface area contributed by atoms with Crippen molar-refractivity contribution < 1.29 is 4.74 Å². The summed E-state index contributed by atoms with van der Waals surface area (Å²) in [4.78, 5) is 8.32. The number of ether oxygens (including phenoxy) is 1. The summed E-state index contributed by atoms with van der Waals surface area (Å²) in [5.41, 5.74) is 1.90. The van der Waals surface area contributed by atoms with Crippen molar-refractivity contribution in [2.24, 2.45) is 0 Å². The van der Waals surface area contributed by atoms with Crippen LogP contribution in [0.1, 0.15) is 5.56 Å². The molecule has 17 heavy (non-hydrogen) atoms. The number of hydrogen-bond donors (Lipinski definition) is 1. The van der Waals surface area contributed by atoms with Gasteiger partial charge in [0.1, 0.15) is 0 Å². The number of nitrogens with one attached hydrogen (secondary N) is 1. The van der Waals surface area contributed by atoms with Crippen LogP contribution in [0.3, 0.4) is 0 Å². The lowest BCUT2D eigenvalue weighted by Gasteiger charge is -2.01. The van der Waals surface area contributed by atoms with Gasteiger partial charge in [-0.25, -0.2) is 9.97 Å². The van der Waals surface area contributed by atoms with Crippen molar-refractivity contribution in [3.8, 4) is 0 Å². The number of aryl methyl sites for hydroxylation is 1. The predicted molar refractivity (Wildman–Crippen MR) is 64.2 cm³/mol. The second-order valence-corrected chi connectivity index (χ2v) is 3.69. The first-order valence-corrected chi connectivity index (χ1v) is 5.35. The normalized spacial score (nSPS) is 10.5. The van der Waals surface area contributed by atoms with Gasteiger partial charge in [-0.1, -0.05) is 0 Å². The lowest BCUT2D eigenvalue weighted by atomic mass is 10.4. The highest BCUT2D eigenvalue weighted by Crippen LogP contribution is 2.10. The van der Waals surface area contributed by atoms with Gasteiger partial charge in [0, 0.05) is 25.7 Å². The fraction of sp³-hybridized carbons (Fsp3) is 0.364. The molecule has 0 aliphatic heterocycles. The van der Waals surface area contributed by atoms with E-state index in [2.05, 4.69) is 20.4 Å². The van der Waals surface area contributed by atoms with Gasteiger partial charge in [-0.05, 0) is 12.5 Å². The maximum atomic E-state index is 4.98.